The first-order chi connectivity index (χ1) is 8.15. The highest BCUT2D eigenvalue weighted by Crippen LogP contribution is 2.25. The fourth-order valence-electron chi connectivity index (χ4n) is 2.60. The van der Waals surface area contributed by atoms with E-state index in [0.29, 0.717) is 6.04 Å². The summed E-state index contributed by atoms with van der Waals surface area (Å²) in [5.41, 5.74) is 1.78. The molecule has 0 amide bonds. The summed E-state index contributed by atoms with van der Waals surface area (Å²) in [6.45, 7) is 4.15. The zero-order chi connectivity index (χ0) is 12.3. The number of anilines is 1. The van der Waals surface area contributed by atoms with E-state index in [1.165, 1.54) is 32.1 Å². The average molecular weight is 235 g/mol. The van der Waals surface area contributed by atoms with Gasteiger partial charge in [-0.25, -0.2) is 4.39 Å². The first-order valence-electron chi connectivity index (χ1n) is 6.68. The molecular formula is C15H22FN. The van der Waals surface area contributed by atoms with E-state index >= 15 is 0 Å². The lowest BCUT2D eigenvalue weighted by Gasteiger charge is -2.18. The molecule has 1 aromatic rings. The molecule has 0 spiro atoms. The molecule has 0 bridgehead atoms. The molecule has 17 heavy (non-hydrogen) atoms. The lowest BCUT2D eigenvalue weighted by molar-refractivity contribution is 0.502. The molecule has 1 nitrogen and oxygen atoms in total. The molecule has 0 radical (unpaired) electrons. The van der Waals surface area contributed by atoms with E-state index < -0.39 is 0 Å². The van der Waals surface area contributed by atoms with Gasteiger partial charge in [0.15, 0.2) is 0 Å². The van der Waals surface area contributed by atoms with Gasteiger partial charge < -0.3 is 5.32 Å². The maximum Gasteiger partial charge on any atom is 0.126 e. The van der Waals surface area contributed by atoms with Crippen LogP contribution in [0, 0.1) is 18.7 Å². The third-order valence-electron chi connectivity index (χ3n) is 3.79. The van der Waals surface area contributed by atoms with Crippen LogP contribution >= 0.6 is 0 Å². The normalized spacial score (nSPS) is 25.4. The molecule has 2 heteroatoms. The van der Waals surface area contributed by atoms with Gasteiger partial charge in [0.05, 0.1) is 0 Å². The Balaban J connectivity index is 1.97. The fourth-order valence-corrected chi connectivity index (χ4v) is 2.60. The SMILES string of the molecule is Cc1cc(NC2CCCC(C)CC2)ccc1F. The van der Waals surface area contributed by atoms with Crippen molar-refractivity contribution >= 4 is 5.69 Å². The average Bonchev–Trinajstić information content (AvgIpc) is 2.49. The van der Waals surface area contributed by atoms with Gasteiger partial charge in [-0.05, 0) is 55.9 Å². The molecule has 0 heterocycles. The van der Waals surface area contributed by atoms with Crippen molar-refractivity contribution in [2.24, 2.45) is 5.92 Å². The van der Waals surface area contributed by atoms with Crippen LogP contribution in [0.4, 0.5) is 10.1 Å². The lowest BCUT2D eigenvalue weighted by Crippen LogP contribution is -2.18. The van der Waals surface area contributed by atoms with Crippen molar-refractivity contribution in [3.8, 4) is 0 Å². The van der Waals surface area contributed by atoms with E-state index in [2.05, 4.69) is 12.2 Å². The van der Waals surface area contributed by atoms with Gasteiger partial charge in [0.2, 0.25) is 0 Å². The van der Waals surface area contributed by atoms with Gasteiger partial charge in [-0.1, -0.05) is 19.8 Å². The second kappa shape index (κ2) is 5.52. The van der Waals surface area contributed by atoms with Crippen molar-refractivity contribution in [1.82, 2.24) is 0 Å². The summed E-state index contributed by atoms with van der Waals surface area (Å²) in [7, 11) is 0. The highest BCUT2D eigenvalue weighted by Gasteiger charge is 2.15. The van der Waals surface area contributed by atoms with Crippen LogP contribution in [-0.4, -0.2) is 6.04 Å². The van der Waals surface area contributed by atoms with Crippen LogP contribution in [0.15, 0.2) is 18.2 Å². The predicted octanol–water partition coefficient (Wildman–Crippen LogP) is 4.51. The second-order valence-electron chi connectivity index (χ2n) is 5.42. The van der Waals surface area contributed by atoms with E-state index in [1.807, 2.05) is 19.1 Å². The van der Waals surface area contributed by atoms with E-state index in [0.717, 1.165) is 17.2 Å². The van der Waals surface area contributed by atoms with Crippen LogP contribution in [0.25, 0.3) is 0 Å². The topological polar surface area (TPSA) is 12.0 Å². The van der Waals surface area contributed by atoms with E-state index in [-0.39, 0.29) is 5.82 Å². The van der Waals surface area contributed by atoms with Crippen LogP contribution < -0.4 is 5.32 Å². The maximum absolute atomic E-state index is 13.2. The molecular weight excluding hydrogens is 213 g/mol. The molecule has 0 saturated heterocycles. The zero-order valence-electron chi connectivity index (χ0n) is 10.8. The number of rotatable bonds is 2. The quantitative estimate of drug-likeness (QED) is 0.743. The van der Waals surface area contributed by atoms with Crippen molar-refractivity contribution in [2.75, 3.05) is 5.32 Å². The minimum Gasteiger partial charge on any atom is -0.382 e. The minimum atomic E-state index is -0.120. The van der Waals surface area contributed by atoms with Gasteiger partial charge in [0.25, 0.3) is 0 Å². The molecule has 1 saturated carbocycles. The molecule has 2 unspecified atom stereocenters. The predicted molar refractivity (Wildman–Crippen MR) is 70.8 cm³/mol. The molecule has 1 fully saturated rings. The first-order valence-corrected chi connectivity index (χ1v) is 6.68. The summed E-state index contributed by atoms with van der Waals surface area (Å²) in [5.74, 6) is 0.738. The Kier molecular flexibility index (Phi) is 4.03. The molecule has 2 rings (SSSR count). The van der Waals surface area contributed by atoms with Gasteiger partial charge in [0, 0.05) is 11.7 Å². The molecule has 1 aliphatic rings. The highest BCUT2D eigenvalue weighted by atomic mass is 19.1. The fraction of sp³-hybridized carbons (Fsp3) is 0.600. The third-order valence-corrected chi connectivity index (χ3v) is 3.79. The smallest absolute Gasteiger partial charge is 0.126 e. The van der Waals surface area contributed by atoms with Crippen LogP contribution in [0.2, 0.25) is 0 Å². The Morgan fingerprint density at radius 2 is 2.00 bits per heavy atom. The van der Waals surface area contributed by atoms with Crippen LogP contribution in [-0.2, 0) is 0 Å². The Hall–Kier alpha value is -1.05. The largest absolute Gasteiger partial charge is 0.382 e. The molecule has 0 aromatic heterocycles. The van der Waals surface area contributed by atoms with Gasteiger partial charge in [0.1, 0.15) is 5.82 Å². The van der Waals surface area contributed by atoms with Crippen molar-refractivity contribution in [1.29, 1.82) is 0 Å². The number of aryl methyl sites for hydroxylation is 1. The molecule has 1 aliphatic carbocycles. The minimum absolute atomic E-state index is 0.120. The van der Waals surface area contributed by atoms with Crippen LogP contribution in [0.3, 0.4) is 0 Å². The Morgan fingerprint density at radius 3 is 2.76 bits per heavy atom. The van der Waals surface area contributed by atoms with Crippen molar-refractivity contribution in [2.45, 2.75) is 52.0 Å². The molecule has 1 aromatic carbocycles. The number of hydrogen-bond acceptors (Lipinski definition) is 1. The number of nitrogens with one attached hydrogen (secondary N) is 1. The number of hydrogen-bond donors (Lipinski definition) is 1. The second-order valence-corrected chi connectivity index (χ2v) is 5.42. The Labute approximate surface area is 103 Å². The van der Waals surface area contributed by atoms with E-state index in [9.17, 15) is 4.39 Å². The Morgan fingerprint density at radius 1 is 1.18 bits per heavy atom. The van der Waals surface area contributed by atoms with Crippen LogP contribution in [0.1, 0.15) is 44.6 Å². The summed E-state index contributed by atoms with van der Waals surface area (Å²) >= 11 is 0. The van der Waals surface area contributed by atoms with Gasteiger partial charge in [-0.3, -0.25) is 0 Å². The van der Waals surface area contributed by atoms with E-state index in [1.54, 1.807) is 6.07 Å². The molecule has 94 valence electrons. The summed E-state index contributed by atoms with van der Waals surface area (Å²) in [6.07, 6.45) is 6.43. The monoisotopic (exact) mass is 235 g/mol. The van der Waals surface area contributed by atoms with E-state index in [4.69, 9.17) is 0 Å². The summed E-state index contributed by atoms with van der Waals surface area (Å²) < 4.78 is 13.2. The maximum atomic E-state index is 13.2. The Bertz CT molecular complexity index is 375. The summed E-state index contributed by atoms with van der Waals surface area (Å²) in [5, 5.41) is 3.54. The first kappa shape index (κ1) is 12.4. The molecule has 0 aliphatic heterocycles. The third kappa shape index (κ3) is 3.45. The zero-order valence-corrected chi connectivity index (χ0v) is 10.8. The highest BCUT2D eigenvalue weighted by molar-refractivity contribution is 5.46. The van der Waals surface area contributed by atoms with Crippen molar-refractivity contribution < 1.29 is 4.39 Å². The van der Waals surface area contributed by atoms with Gasteiger partial charge in [-0.15, -0.1) is 0 Å². The molecule has 1 N–H and O–H groups in total. The summed E-state index contributed by atoms with van der Waals surface area (Å²) in [4.78, 5) is 0. The molecule has 2 atom stereocenters. The van der Waals surface area contributed by atoms with Gasteiger partial charge >= 0.3 is 0 Å². The van der Waals surface area contributed by atoms with Crippen LogP contribution in [0.5, 0.6) is 0 Å². The summed E-state index contributed by atoms with van der Waals surface area (Å²) in [6, 6.07) is 5.86. The standard InChI is InChI=1S/C15H22FN/c1-11-4-3-5-13(7-6-11)17-14-8-9-15(16)12(2)10-14/h8-11,13,17H,3-7H2,1-2H3. The van der Waals surface area contributed by atoms with Crippen molar-refractivity contribution in [3.05, 3.63) is 29.6 Å². The lowest BCUT2D eigenvalue weighted by atomic mass is 10.0. The van der Waals surface area contributed by atoms with Gasteiger partial charge in [-0.2, -0.15) is 0 Å². The number of halogens is 1. The number of benzene rings is 1. The van der Waals surface area contributed by atoms with Crippen molar-refractivity contribution in [3.63, 3.8) is 0 Å².